The lowest BCUT2D eigenvalue weighted by molar-refractivity contribution is -0.122. The van der Waals surface area contributed by atoms with Gasteiger partial charge in [-0.25, -0.2) is 0 Å². The summed E-state index contributed by atoms with van der Waals surface area (Å²) in [5, 5.41) is 6.12. The smallest absolute Gasteiger partial charge is 0.238 e. The molecule has 0 radical (unpaired) electrons. The van der Waals surface area contributed by atoms with Gasteiger partial charge in [0.2, 0.25) is 5.91 Å². The molecule has 1 aliphatic heterocycles. The van der Waals surface area contributed by atoms with Crippen molar-refractivity contribution in [2.45, 2.75) is 12.5 Å². The molecular formula is C13H17BrN2O2S. The minimum Gasteiger partial charge on any atom is -0.496 e. The predicted molar refractivity (Wildman–Crippen MR) is 81.7 cm³/mol. The van der Waals surface area contributed by atoms with Gasteiger partial charge in [0, 0.05) is 18.2 Å². The molecule has 1 aromatic carbocycles. The van der Waals surface area contributed by atoms with Crippen LogP contribution in [0, 0.1) is 0 Å². The van der Waals surface area contributed by atoms with Crippen molar-refractivity contribution < 1.29 is 9.53 Å². The average molecular weight is 345 g/mol. The zero-order valence-corrected chi connectivity index (χ0v) is 13.1. The van der Waals surface area contributed by atoms with Crippen LogP contribution in [0.1, 0.15) is 5.56 Å². The first-order valence-electron chi connectivity index (χ1n) is 6.12. The maximum Gasteiger partial charge on any atom is 0.238 e. The number of methoxy groups -OCH3 is 1. The molecule has 1 fully saturated rings. The first-order valence-corrected chi connectivity index (χ1v) is 8.06. The van der Waals surface area contributed by atoms with Crippen LogP contribution in [-0.2, 0) is 11.2 Å². The largest absolute Gasteiger partial charge is 0.496 e. The molecule has 2 rings (SSSR count). The lowest BCUT2D eigenvalue weighted by atomic mass is 10.1. The van der Waals surface area contributed by atoms with Crippen molar-refractivity contribution in [2.24, 2.45) is 0 Å². The first-order chi connectivity index (χ1) is 9.20. The number of ether oxygens (including phenoxy) is 1. The molecule has 1 unspecified atom stereocenters. The number of hydrogen-bond acceptors (Lipinski definition) is 4. The zero-order valence-electron chi connectivity index (χ0n) is 10.7. The average Bonchev–Trinajstić information content (AvgIpc) is 2.93. The molecule has 1 saturated heterocycles. The number of halogens is 1. The lowest BCUT2D eigenvalue weighted by Gasteiger charge is -2.11. The Kier molecular flexibility index (Phi) is 5.54. The van der Waals surface area contributed by atoms with Crippen LogP contribution in [0.25, 0.3) is 0 Å². The second-order valence-electron chi connectivity index (χ2n) is 4.28. The van der Waals surface area contributed by atoms with Gasteiger partial charge in [-0.1, -0.05) is 6.07 Å². The minimum absolute atomic E-state index is 0.0346. The van der Waals surface area contributed by atoms with Crippen molar-refractivity contribution in [3.8, 4) is 5.75 Å². The molecule has 104 valence electrons. The van der Waals surface area contributed by atoms with E-state index in [1.54, 1.807) is 18.9 Å². The van der Waals surface area contributed by atoms with E-state index in [0.717, 1.165) is 28.3 Å². The van der Waals surface area contributed by atoms with Crippen LogP contribution in [0.5, 0.6) is 5.75 Å². The third-order valence-corrected chi connectivity index (χ3v) is 4.52. The van der Waals surface area contributed by atoms with E-state index >= 15 is 0 Å². The van der Waals surface area contributed by atoms with Crippen LogP contribution in [0.3, 0.4) is 0 Å². The molecule has 0 saturated carbocycles. The fourth-order valence-corrected chi connectivity index (χ4v) is 3.41. The van der Waals surface area contributed by atoms with Gasteiger partial charge in [0.15, 0.2) is 0 Å². The summed E-state index contributed by atoms with van der Waals surface area (Å²) in [7, 11) is 1.65. The van der Waals surface area contributed by atoms with Crippen molar-refractivity contribution in [1.82, 2.24) is 10.6 Å². The number of thioether (sulfide) groups is 1. The summed E-state index contributed by atoms with van der Waals surface area (Å²) in [5.74, 6) is 2.64. The highest BCUT2D eigenvalue weighted by Gasteiger charge is 2.21. The molecule has 6 heteroatoms. The Balaban J connectivity index is 1.79. The van der Waals surface area contributed by atoms with Gasteiger partial charge in [-0.05, 0) is 40.0 Å². The normalized spacial score (nSPS) is 18.3. The van der Waals surface area contributed by atoms with Crippen molar-refractivity contribution in [2.75, 3.05) is 25.3 Å². The molecule has 1 atom stereocenters. The standard InChI is InChI=1S/C13H17BrN2O2S/c1-18-12-3-2-9(6-10(12)14)4-5-15-13(17)11-7-19-8-16-11/h2-3,6,11,16H,4-5,7-8H2,1H3,(H,15,17). The van der Waals surface area contributed by atoms with E-state index in [0.29, 0.717) is 6.54 Å². The second kappa shape index (κ2) is 7.17. The Morgan fingerprint density at radius 3 is 3.11 bits per heavy atom. The van der Waals surface area contributed by atoms with Crippen LogP contribution < -0.4 is 15.4 Å². The van der Waals surface area contributed by atoms with Crippen LogP contribution in [0.15, 0.2) is 22.7 Å². The van der Waals surface area contributed by atoms with E-state index in [-0.39, 0.29) is 11.9 Å². The molecule has 4 nitrogen and oxygen atoms in total. The highest BCUT2D eigenvalue weighted by atomic mass is 79.9. The summed E-state index contributed by atoms with van der Waals surface area (Å²) in [5.41, 5.74) is 1.17. The van der Waals surface area contributed by atoms with Crippen molar-refractivity contribution >= 4 is 33.6 Å². The molecule has 1 heterocycles. The van der Waals surface area contributed by atoms with Gasteiger partial charge in [-0.15, -0.1) is 11.8 Å². The van der Waals surface area contributed by atoms with Crippen molar-refractivity contribution in [3.63, 3.8) is 0 Å². The topological polar surface area (TPSA) is 50.4 Å². The van der Waals surface area contributed by atoms with Crippen LogP contribution in [0.2, 0.25) is 0 Å². The van der Waals surface area contributed by atoms with Crippen LogP contribution in [-0.4, -0.2) is 37.2 Å². The first kappa shape index (κ1) is 14.7. The fourth-order valence-electron chi connectivity index (χ4n) is 1.88. The Morgan fingerprint density at radius 1 is 1.63 bits per heavy atom. The van der Waals surface area contributed by atoms with E-state index in [1.807, 2.05) is 18.2 Å². The highest BCUT2D eigenvalue weighted by molar-refractivity contribution is 9.10. The van der Waals surface area contributed by atoms with Gasteiger partial charge in [-0.2, -0.15) is 0 Å². The predicted octanol–water partition coefficient (Wildman–Crippen LogP) is 1.78. The van der Waals surface area contributed by atoms with Crippen molar-refractivity contribution in [3.05, 3.63) is 28.2 Å². The Labute approximate surface area is 125 Å². The quantitative estimate of drug-likeness (QED) is 0.854. The lowest BCUT2D eigenvalue weighted by Crippen LogP contribution is -2.42. The van der Waals surface area contributed by atoms with Gasteiger partial charge in [0.1, 0.15) is 5.75 Å². The number of carbonyl (C=O) groups excluding carboxylic acids is 1. The molecule has 0 aliphatic carbocycles. The SMILES string of the molecule is COc1ccc(CCNC(=O)C2CSCN2)cc1Br. The minimum atomic E-state index is -0.0346. The van der Waals surface area contributed by atoms with E-state index in [4.69, 9.17) is 4.74 Å². The Bertz CT molecular complexity index is 450. The van der Waals surface area contributed by atoms with E-state index in [2.05, 4.69) is 26.6 Å². The molecule has 1 amide bonds. The summed E-state index contributed by atoms with van der Waals surface area (Å²) in [6.07, 6.45) is 0.814. The molecule has 19 heavy (non-hydrogen) atoms. The summed E-state index contributed by atoms with van der Waals surface area (Å²) in [6, 6.07) is 5.93. The number of hydrogen-bond donors (Lipinski definition) is 2. The maximum atomic E-state index is 11.8. The summed E-state index contributed by atoms with van der Waals surface area (Å²) in [4.78, 5) is 11.8. The van der Waals surface area contributed by atoms with Gasteiger partial charge in [-0.3, -0.25) is 10.1 Å². The third-order valence-electron chi connectivity index (χ3n) is 2.96. The molecule has 1 aliphatic rings. The van der Waals surface area contributed by atoms with E-state index < -0.39 is 0 Å². The third kappa shape index (κ3) is 4.12. The number of rotatable bonds is 5. The molecule has 0 bridgehead atoms. The van der Waals surface area contributed by atoms with E-state index in [1.165, 1.54) is 5.56 Å². The number of nitrogens with one attached hydrogen (secondary N) is 2. The summed E-state index contributed by atoms with van der Waals surface area (Å²) < 4.78 is 6.12. The Morgan fingerprint density at radius 2 is 2.47 bits per heavy atom. The van der Waals surface area contributed by atoms with Gasteiger partial charge in [0.25, 0.3) is 0 Å². The highest BCUT2D eigenvalue weighted by Crippen LogP contribution is 2.25. The Hall–Kier alpha value is -0.720. The van der Waals surface area contributed by atoms with Gasteiger partial charge in [0.05, 0.1) is 17.6 Å². The maximum absolute atomic E-state index is 11.8. The fraction of sp³-hybridized carbons (Fsp3) is 0.462. The van der Waals surface area contributed by atoms with E-state index in [9.17, 15) is 4.79 Å². The summed E-state index contributed by atoms with van der Waals surface area (Å²) in [6.45, 7) is 0.653. The molecule has 1 aromatic rings. The van der Waals surface area contributed by atoms with Crippen LogP contribution >= 0.6 is 27.7 Å². The second-order valence-corrected chi connectivity index (χ2v) is 6.17. The molecule has 0 spiro atoms. The van der Waals surface area contributed by atoms with Crippen LogP contribution in [0.4, 0.5) is 0 Å². The molecule has 2 N–H and O–H groups in total. The molecule has 0 aromatic heterocycles. The monoisotopic (exact) mass is 344 g/mol. The van der Waals surface area contributed by atoms with Crippen molar-refractivity contribution in [1.29, 1.82) is 0 Å². The number of benzene rings is 1. The number of carbonyl (C=O) groups is 1. The number of amides is 1. The van der Waals surface area contributed by atoms with Gasteiger partial charge >= 0.3 is 0 Å². The zero-order chi connectivity index (χ0) is 13.7. The molecular weight excluding hydrogens is 328 g/mol. The summed E-state index contributed by atoms with van der Waals surface area (Å²) >= 11 is 5.21. The van der Waals surface area contributed by atoms with Gasteiger partial charge < -0.3 is 10.1 Å².